The fraction of sp³-hybridized carbons (Fsp3) is 0. The summed E-state index contributed by atoms with van der Waals surface area (Å²) in [7, 11) is -10.1. The topological polar surface area (TPSA) is 182 Å². The minimum absolute atomic E-state index is 0. The third-order valence-electron chi connectivity index (χ3n) is 0.213. The first-order valence-electron chi connectivity index (χ1n) is 2.06. The standard InChI is InChI=1S/2Na.H4O7P2.H2O3S.2H/c;;1-8(2,3)7-9(4,5)6;1-4(2)3;;/h;;(H2,1,2,3)(H2,4,5,6);(H2,1,2,3);;. The van der Waals surface area contributed by atoms with Gasteiger partial charge >= 0.3 is 74.8 Å². The summed E-state index contributed by atoms with van der Waals surface area (Å²) in [5.41, 5.74) is 0. The first-order valence-corrected chi connectivity index (χ1v) is 6.19. The number of phosphoric acid groups is 2. The van der Waals surface area contributed by atoms with Gasteiger partial charge < -0.3 is 19.6 Å². The van der Waals surface area contributed by atoms with Crippen molar-refractivity contribution in [1.82, 2.24) is 0 Å². The molecule has 0 bridgehead atoms. The Bertz CT molecular complexity index is 226. The molecule has 0 spiro atoms. The molecule has 15 heteroatoms. The van der Waals surface area contributed by atoms with Gasteiger partial charge in [-0.3, -0.25) is 9.11 Å². The molecule has 6 N–H and O–H groups in total. The number of hydrogen-bond donors (Lipinski definition) is 6. The Balaban J connectivity index is -0.0000000883. The number of hydrogen-bond acceptors (Lipinski definition) is 4. The molecule has 0 radical (unpaired) electrons. The van der Waals surface area contributed by atoms with Crippen LogP contribution in [-0.4, -0.2) is 92.0 Å². The molecule has 0 rings (SSSR count). The Labute approximate surface area is 131 Å². The van der Waals surface area contributed by atoms with E-state index in [4.69, 9.17) is 32.9 Å². The van der Waals surface area contributed by atoms with E-state index in [0.717, 1.165) is 0 Å². The molecule has 15 heavy (non-hydrogen) atoms. The Hall–Kier alpha value is 2.33. The van der Waals surface area contributed by atoms with Crippen LogP contribution in [0.25, 0.3) is 0 Å². The zero-order valence-electron chi connectivity index (χ0n) is 5.62. The van der Waals surface area contributed by atoms with Crippen LogP contribution in [0.2, 0.25) is 0 Å². The van der Waals surface area contributed by atoms with E-state index in [2.05, 4.69) is 4.31 Å². The zero-order valence-corrected chi connectivity index (χ0v) is 8.22. The second-order valence-corrected chi connectivity index (χ2v) is 4.37. The van der Waals surface area contributed by atoms with Gasteiger partial charge in [-0.2, -0.15) is 8.52 Å². The molecule has 0 aliphatic carbocycles. The molecular weight excluding hydrogens is 300 g/mol. The molecule has 0 fully saturated rings. The van der Waals surface area contributed by atoms with Gasteiger partial charge in [-0.05, 0) is 0 Å². The second kappa shape index (κ2) is 11.4. The van der Waals surface area contributed by atoms with Crippen LogP contribution in [0, 0.1) is 0 Å². The summed E-state index contributed by atoms with van der Waals surface area (Å²) in [6.07, 6.45) is 0. The Morgan fingerprint density at radius 1 is 0.867 bits per heavy atom. The summed E-state index contributed by atoms with van der Waals surface area (Å²) in [5, 5.41) is 0. The van der Waals surface area contributed by atoms with Crippen LogP contribution in [0.4, 0.5) is 0 Å². The van der Waals surface area contributed by atoms with Gasteiger partial charge in [0.2, 0.25) is 0 Å². The predicted octanol–water partition coefficient (Wildman–Crippen LogP) is -2.43. The fourth-order valence-electron chi connectivity index (χ4n) is 0.139. The monoisotopic (exact) mass is 308 g/mol. The average Bonchev–Trinajstić information content (AvgIpc) is 1.47. The fourth-order valence-corrected chi connectivity index (χ4v) is 1.25. The quantitative estimate of drug-likeness (QED) is 0.182. The molecule has 0 aromatic heterocycles. The maximum absolute atomic E-state index is 9.63. The van der Waals surface area contributed by atoms with Gasteiger partial charge in [0.15, 0.2) is 0 Å². The van der Waals surface area contributed by atoms with Crippen molar-refractivity contribution in [3.05, 3.63) is 0 Å². The third-order valence-corrected chi connectivity index (χ3v) is 1.91. The molecule has 0 saturated heterocycles. The van der Waals surface area contributed by atoms with Gasteiger partial charge in [0.05, 0.1) is 0 Å². The van der Waals surface area contributed by atoms with Crippen LogP contribution in [-0.2, 0) is 24.8 Å². The zero-order chi connectivity index (χ0) is 11.3. The van der Waals surface area contributed by atoms with Gasteiger partial charge in [-0.15, -0.1) is 0 Å². The minimum atomic E-state index is -5.05. The molecule has 86 valence electrons. The van der Waals surface area contributed by atoms with E-state index >= 15 is 0 Å². The van der Waals surface area contributed by atoms with Gasteiger partial charge in [0, 0.05) is 0 Å². The van der Waals surface area contributed by atoms with Crippen molar-refractivity contribution >= 4 is 86.1 Å². The summed E-state index contributed by atoms with van der Waals surface area (Å²) in [6.45, 7) is 0. The van der Waals surface area contributed by atoms with E-state index in [1.807, 2.05) is 0 Å². The van der Waals surface area contributed by atoms with E-state index in [0.29, 0.717) is 0 Å². The average molecular weight is 308 g/mol. The first-order chi connectivity index (χ1) is 5.44. The van der Waals surface area contributed by atoms with Crippen LogP contribution in [0.5, 0.6) is 0 Å². The Morgan fingerprint density at radius 3 is 1.00 bits per heavy atom. The third kappa shape index (κ3) is 48.3. The molecule has 0 atom stereocenters. The van der Waals surface area contributed by atoms with Gasteiger partial charge in [-0.1, -0.05) is 0 Å². The van der Waals surface area contributed by atoms with Crippen molar-refractivity contribution in [1.29, 1.82) is 0 Å². The van der Waals surface area contributed by atoms with Crippen molar-refractivity contribution in [2.75, 3.05) is 0 Å². The second-order valence-electron chi connectivity index (χ2n) is 1.29. The molecule has 0 saturated carbocycles. The van der Waals surface area contributed by atoms with Crippen molar-refractivity contribution in [3.8, 4) is 0 Å². The summed E-state index contributed by atoms with van der Waals surface area (Å²) in [6, 6.07) is 0. The molecule has 10 nitrogen and oxygen atoms in total. The van der Waals surface area contributed by atoms with Crippen molar-refractivity contribution < 1.29 is 46.3 Å². The maximum atomic E-state index is 9.63. The van der Waals surface area contributed by atoms with Crippen molar-refractivity contribution in [2.45, 2.75) is 0 Å². The molecule has 0 aromatic carbocycles. The summed E-state index contributed by atoms with van der Waals surface area (Å²) >= 11 is -2.61. The molecule has 0 aliphatic rings. The first kappa shape index (κ1) is 26.0. The molecule has 0 aliphatic heterocycles. The molecule has 0 amide bonds. The summed E-state index contributed by atoms with van der Waals surface area (Å²) in [5.74, 6) is 0. The van der Waals surface area contributed by atoms with Crippen LogP contribution >= 0.6 is 15.6 Å². The van der Waals surface area contributed by atoms with E-state index in [1.54, 1.807) is 0 Å². The predicted molar refractivity (Wildman–Crippen MR) is 52.9 cm³/mol. The molecule has 0 aromatic rings. The van der Waals surface area contributed by atoms with Crippen LogP contribution in [0.15, 0.2) is 0 Å². The van der Waals surface area contributed by atoms with Crippen LogP contribution in [0.3, 0.4) is 0 Å². The molecular formula is H8Na2O10P2S. The summed E-state index contributed by atoms with van der Waals surface area (Å²) in [4.78, 5) is 31.0. The Kier molecular flexibility index (Phi) is 19.8. The van der Waals surface area contributed by atoms with Crippen LogP contribution < -0.4 is 0 Å². The van der Waals surface area contributed by atoms with Gasteiger partial charge in [0.1, 0.15) is 0 Å². The van der Waals surface area contributed by atoms with E-state index in [9.17, 15) is 9.13 Å². The van der Waals surface area contributed by atoms with Crippen molar-refractivity contribution in [3.63, 3.8) is 0 Å². The SMILES string of the molecule is O=P(O)(O)OP(=O)(O)O.O=S(O)O.[NaH].[NaH]. The molecule has 0 unspecified atom stereocenters. The van der Waals surface area contributed by atoms with E-state index in [-0.39, 0.29) is 59.1 Å². The van der Waals surface area contributed by atoms with Gasteiger partial charge in [-0.25, -0.2) is 9.13 Å². The van der Waals surface area contributed by atoms with E-state index < -0.39 is 27.0 Å². The summed E-state index contributed by atoms with van der Waals surface area (Å²) < 4.78 is 45.0. The number of rotatable bonds is 2. The normalized spacial score (nSPS) is 10.6. The van der Waals surface area contributed by atoms with Gasteiger partial charge in [0.25, 0.3) is 11.4 Å². The van der Waals surface area contributed by atoms with E-state index in [1.165, 1.54) is 0 Å². The van der Waals surface area contributed by atoms with Crippen molar-refractivity contribution in [2.24, 2.45) is 0 Å². The molecule has 0 heterocycles. The Morgan fingerprint density at radius 2 is 1.00 bits per heavy atom. The van der Waals surface area contributed by atoms with Crippen LogP contribution in [0.1, 0.15) is 0 Å².